The Morgan fingerprint density at radius 3 is 2.64 bits per heavy atom. The molecule has 1 aliphatic rings. The van der Waals surface area contributed by atoms with Crippen LogP contribution in [-0.4, -0.2) is 10.2 Å². The first kappa shape index (κ1) is 18.2. The molecule has 2 aromatic carbocycles. The van der Waals surface area contributed by atoms with Crippen molar-refractivity contribution in [3.05, 3.63) is 69.6 Å². The van der Waals surface area contributed by atoms with Gasteiger partial charge in [-0.25, -0.2) is 0 Å². The highest BCUT2D eigenvalue weighted by Crippen LogP contribution is 2.36. The third kappa shape index (κ3) is 4.32. The molecule has 1 aliphatic heterocycles. The fourth-order valence-electron chi connectivity index (χ4n) is 2.63. The summed E-state index contributed by atoms with van der Waals surface area (Å²) in [6.07, 6.45) is 5.23. The zero-order valence-corrected chi connectivity index (χ0v) is 16.3. The van der Waals surface area contributed by atoms with Crippen molar-refractivity contribution < 1.29 is 4.79 Å². The van der Waals surface area contributed by atoms with Crippen molar-refractivity contribution in [1.82, 2.24) is 0 Å². The number of amides is 1. The van der Waals surface area contributed by atoms with Crippen LogP contribution in [0.2, 0.25) is 5.02 Å². The largest absolute Gasteiger partial charge is 0.270 e. The lowest BCUT2D eigenvalue weighted by Gasteiger charge is -2.15. The Labute approximate surface area is 162 Å². The second-order valence-electron chi connectivity index (χ2n) is 5.84. The van der Waals surface area contributed by atoms with Gasteiger partial charge in [0.05, 0.1) is 10.6 Å². The monoisotopic (exact) mass is 387 g/mol. The Morgan fingerprint density at radius 1 is 1.20 bits per heavy atom. The molecule has 2 nitrogen and oxygen atoms in total. The molecule has 0 unspecified atom stereocenters. The molecule has 128 valence electrons. The zero-order valence-electron chi connectivity index (χ0n) is 13.9. The Morgan fingerprint density at radius 2 is 1.96 bits per heavy atom. The summed E-state index contributed by atoms with van der Waals surface area (Å²) in [4.78, 5) is 15.0. The Kier molecular flexibility index (Phi) is 5.94. The molecule has 2 aromatic rings. The van der Waals surface area contributed by atoms with Crippen LogP contribution in [0.25, 0.3) is 6.08 Å². The van der Waals surface area contributed by atoms with E-state index in [0.29, 0.717) is 14.2 Å². The summed E-state index contributed by atoms with van der Waals surface area (Å²) in [6, 6.07) is 15.5. The summed E-state index contributed by atoms with van der Waals surface area (Å²) in [5.74, 6) is -0.0868. The highest BCUT2D eigenvalue weighted by atomic mass is 35.5. The summed E-state index contributed by atoms with van der Waals surface area (Å²) in [6.45, 7) is 2.18. The van der Waals surface area contributed by atoms with E-state index in [4.69, 9.17) is 23.8 Å². The molecular formula is C20H18ClNOS2. The standard InChI is InChI=1S/C20H18ClNOS2/c1-2-3-5-14-8-10-17(11-9-14)22-19(23)18(25-20(22)24)13-15-6-4-7-16(21)12-15/h4,6-13H,2-3,5H2,1H3. The van der Waals surface area contributed by atoms with Gasteiger partial charge in [0.25, 0.3) is 5.91 Å². The maximum absolute atomic E-state index is 12.8. The van der Waals surface area contributed by atoms with E-state index in [1.807, 2.05) is 42.5 Å². The van der Waals surface area contributed by atoms with Crippen molar-refractivity contribution in [3.63, 3.8) is 0 Å². The van der Waals surface area contributed by atoms with Gasteiger partial charge < -0.3 is 0 Å². The average molecular weight is 388 g/mol. The predicted molar refractivity (Wildman–Crippen MR) is 112 cm³/mol. The highest BCUT2D eigenvalue weighted by Gasteiger charge is 2.33. The number of rotatable bonds is 5. The molecule has 1 fully saturated rings. The molecule has 1 saturated heterocycles. The molecule has 0 N–H and O–H groups in total. The number of carbonyl (C=O) groups is 1. The van der Waals surface area contributed by atoms with Crippen LogP contribution < -0.4 is 4.90 Å². The van der Waals surface area contributed by atoms with E-state index in [1.54, 1.807) is 4.90 Å². The highest BCUT2D eigenvalue weighted by molar-refractivity contribution is 8.27. The van der Waals surface area contributed by atoms with E-state index in [-0.39, 0.29) is 5.91 Å². The summed E-state index contributed by atoms with van der Waals surface area (Å²) in [7, 11) is 0. The maximum Gasteiger partial charge on any atom is 0.270 e. The summed E-state index contributed by atoms with van der Waals surface area (Å²) < 4.78 is 0.555. The fraction of sp³-hybridized carbons (Fsp3) is 0.200. The van der Waals surface area contributed by atoms with Gasteiger partial charge in [-0.3, -0.25) is 9.69 Å². The zero-order chi connectivity index (χ0) is 17.8. The van der Waals surface area contributed by atoms with Crippen molar-refractivity contribution in [2.75, 3.05) is 4.90 Å². The first-order valence-corrected chi connectivity index (χ1v) is 9.81. The summed E-state index contributed by atoms with van der Waals surface area (Å²) in [5.41, 5.74) is 2.99. The van der Waals surface area contributed by atoms with Crippen LogP contribution >= 0.6 is 35.6 Å². The lowest BCUT2D eigenvalue weighted by atomic mass is 10.1. The van der Waals surface area contributed by atoms with Gasteiger partial charge in [-0.05, 0) is 54.3 Å². The SMILES string of the molecule is CCCCc1ccc(N2C(=O)C(=Cc3cccc(Cl)c3)SC2=S)cc1. The van der Waals surface area contributed by atoms with Crippen LogP contribution in [0.4, 0.5) is 5.69 Å². The predicted octanol–water partition coefficient (Wildman–Crippen LogP) is 6.09. The van der Waals surface area contributed by atoms with Gasteiger partial charge in [-0.2, -0.15) is 0 Å². The van der Waals surface area contributed by atoms with Gasteiger partial charge in [0.15, 0.2) is 4.32 Å². The average Bonchev–Trinajstić information content (AvgIpc) is 2.87. The van der Waals surface area contributed by atoms with Crippen LogP contribution in [0.5, 0.6) is 0 Å². The molecule has 0 spiro atoms. The number of anilines is 1. The number of aryl methyl sites for hydroxylation is 1. The number of carbonyl (C=O) groups excluding carboxylic acids is 1. The fourth-order valence-corrected chi connectivity index (χ4v) is 4.13. The number of thiocarbonyl (C=S) groups is 1. The number of benzene rings is 2. The van der Waals surface area contributed by atoms with Crippen molar-refractivity contribution >= 4 is 57.6 Å². The first-order valence-electron chi connectivity index (χ1n) is 8.21. The Balaban J connectivity index is 1.81. The lowest BCUT2D eigenvalue weighted by molar-refractivity contribution is -0.113. The van der Waals surface area contributed by atoms with Crippen molar-refractivity contribution in [2.24, 2.45) is 0 Å². The number of hydrogen-bond acceptors (Lipinski definition) is 3. The molecule has 1 heterocycles. The van der Waals surface area contributed by atoms with Crippen molar-refractivity contribution in [3.8, 4) is 0 Å². The Hall–Kier alpha value is -1.62. The minimum atomic E-state index is -0.0868. The molecule has 0 radical (unpaired) electrons. The quantitative estimate of drug-likeness (QED) is 0.457. The number of thioether (sulfide) groups is 1. The minimum Gasteiger partial charge on any atom is -0.268 e. The van der Waals surface area contributed by atoms with E-state index < -0.39 is 0 Å². The second-order valence-corrected chi connectivity index (χ2v) is 7.95. The molecule has 0 aliphatic carbocycles. The van der Waals surface area contributed by atoms with Gasteiger partial charge in [0.2, 0.25) is 0 Å². The minimum absolute atomic E-state index is 0.0868. The van der Waals surface area contributed by atoms with Gasteiger partial charge in [0.1, 0.15) is 0 Å². The van der Waals surface area contributed by atoms with E-state index in [1.165, 1.54) is 30.2 Å². The second kappa shape index (κ2) is 8.17. The molecule has 0 saturated carbocycles. The number of halogens is 1. The van der Waals surface area contributed by atoms with Crippen molar-refractivity contribution in [2.45, 2.75) is 26.2 Å². The smallest absolute Gasteiger partial charge is 0.268 e. The van der Waals surface area contributed by atoms with E-state index in [0.717, 1.165) is 17.7 Å². The maximum atomic E-state index is 12.8. The normalized spacial score (nSPS) is 16.1. The molecule has 25 heavy (non-hydrogen) atoms. The topological polar surface area (TPSA) is 20.3 Å². The van der Waals surface area contributed by atoms with Crippen LogP contribution in [0.15, 0.2) is 53.4 Å². The van der Waals surface area contributed by atoms with Crippen LogP contribution in [0.1, 0.15) is 30.9 Å². The molecule has 0 atom stereocenters. The number of hydrogen-bond donors (Lipinski definition) is 0. The molecular weight excluding hydrogens is 370 g/mol. The van der Waals surface area contributed by atoms with Crippen LogP contribution in [0.3, 0.4) is 0 Å². The summed E-state index contributed by atoms with van der Waals surface area (Å²) in [5, 5.41) is 0.645. The molecule has 1 amide bonds. The first-order chi connectivity index (χ1) is 12.1. The lowest BCUT2D eigenvalue weighted by Crippen LogP contribution is -2.27. The van der Waals surface area contributed by atoms with E-state index >= 15 is 0 Å². The van der Waals surface area contributed by atoms with E-state index in [2.05, 4.69) is 19.1 Å². The Bertz CT molecular complexity index is 830. The third-order valence-corrected chi connectivity index (χ3v) is 5.49. The molecule has 0 bridgehead atoms. The molecule has 3 rings (SSSR count). The van der Waals surface area contributed by atoms with Crippen LogP contribution in [-0.2, 0) is 11.2 Å². The van der Waals surface area contributed by atoms with Gasteiger partial charge in [-0.15, -0.1) is 0 Å². The van der Waals surface area contributed by atoms with Crippen LogP contribution in [0, 0.1) is 0 Å². The summed E-state index contributed by atoms with van der Waals surface area (Å²) >= 11 is 12.8. The van der Waals surface area contributed by atoms with Gasteiger partial charge >= 0.3 is 0 Å². The molecule has 0 aromatic heterocycles. The van der Waals surface area contributed by atoms with E-state index in [9.17, 15) is 4.79 Å². The number of nitrogens with zero attached hydrogens (tertiary/aromatic N) is 1. The molecule has 5 heteroatoms. The van der Waals surface area contributed by atoms with Gasteiger partial charge in [-0.1, -0.05) is 73.2 Å². The van der Waals surface area contributed by atoms with Gasteiger partial charge in [0, 0.05) is 5.02 Å². The van der Waals surface area contributed by atoms with Crippen molar-refractivity contribution in [1.29, 1.82) is 0 Å². The third-order valence-electron chi connectivity index (χ3n) is 3.95. The number of unbranched alkanes of at least 4 members (excludes halogenated alkanes) is 1.